The van der Waals surface area contributed by atoms with E-state index in [1.165, 1.54) is 0 Å². The minimum atomic E-state index is -0.0301. The van der Waals surface area contributed by atoms with Crippen LogP contribution in [0, 0.1) is 0 Å². The molecule has 0 fully saturated rings. The van der Waals surface area contributed by atoms with Crippen molar-refractivity contribution in [3.8, 4) is 22.6 Å². The summed E-state index contributed by atoms with van der Waals surface area (Å²) >= 11 is 0. The highest BCUT2D eigenvalue weighted by Gasteiger charge is 2.14. The molecule has 134 valence electrons. The maximum Gasteiger partial charge on any atom is 0.199 e. The molecule has 1 heterocycles. The van der Waals surface area contributed by atoms with E-state index in [1.807, 2.05) is 54.2 Å². The van der Waals surface area contributed by atoms with E-state index in [0.717, 1.165) is 22.5 Å². The molecule has 0 aliphatic heterocycles. The molecule has 0 amide bonds. The fourth-order valence-corrected chi connectivity index (χ4v) is 2.99. The number of rotatable bonds is 6. The third-order valence-corrected chi connectivity index (χ3v) is 4.34. The molecule has 3 aromatic rings. The number of aromatic nitrogens is 1. The quantitative estimate of drug-likeness (QED) is 0.687. The lowest BCUT2D eigenvalue weighted by Gasteiger charge is -2.15. The second kappa shape index (κ2) is 7.35. The minimum absolute atomic E-state index is 0.0301. The number of aryl methyl sites for hydroxylation is 1. The molecule has 0 aliphatic rings. The van der Waals surface area contributed by atoms with Crippen LogP contribution in [0.3, 0.4) is 0 Å². The van der Waals surface area contributed by atoms with Gasteiger partial charge in [-0.25, -0.2) is 0 Å². The molecule has 0 radical (unpaired) electrons. The highest BCUT2D eigenvalue weighted by molar-refractivity contribution is 5.95. The predicted octanol–water partition coefficient (Wildman–Crippen LogP) is 3.82. The highest BCUT2D eigenvalue weighted by atomic mass is 16.5. The summed E-state index contributed by atoms with van der Waals surface area (Å²) in [5.74, 6) is 1.45. The summed E-state index contributed by atoms with van der Waals surface area (Å²) in [4.78, 5) is 13.3. The van der Waals surface area contributed by atoms with Crippen LogP contribution in [0.5, 0.6) is 11.5 Å². The topological polar surface area (TPSA) is 52.5 Å². The van der Waals surface area contributed by atoms with Crippen molar-refractivity contribution in [2.75, 3.05) is 26.1 Å². The van der Waals surface area contributed by atoms with Crippen molar-refractivity contribution in [2.24, 2.45) is 7.05 Å². The Labute approximate surface area is 152 Å². The zero-order valence-electron chi connectivity index (χ0n) is 15.2. The summed E-state index contributed by atoms with van der Waals surface area (Å²) in [6.45, 7) is 4.28. The van der Waals surface area contributed by atoms with Crippen LogP contribution in [0.2, 0.25) is 0 Å². The van der Waals surface area contributed by atoms with E-state index in [4.69, 9.17) is 9.47 Å². The Bertz CT molecular complexity index is 1000. The van der Waals surface area contributed by atoms with Crippen LogP contribution in [0.25, 0.3) is 22.0 Å². The van der Waals surface area contributed by atoms with Crippen LogP contribution < -0.4 is 20.2 Å². The number of nitrogens with zero attached hydrogens (tertiary/aromatic N) is 1. The molecule has 1 aromatic heterocycles. The molecule has 3 rings (SSSR count). The van der Waals surface area contributed by atoms with Gasteiger partial charge in [-0.05, 0) is 17.7 Å². The smallest absolute Gasteiger partial charge is 0.199 e. The van der Waals surface area contributed by atoms with Crippen LogP contribution in [0.4, 0.5) is 5.69 Å². The Morgan fingerprint density at radius 3 is 2.42 bits per heavy atom. The Hall–Kier alpha value is -3.21. The molecular weight excluding hydrogens is 328 g/mol. The van der Waals surface area contributed by atoms with Crippen molar-refractivity contribution in [1.29, 1.82) is 0 Å². The van der Waals surface area contributed by atoms with Gasteiger partial charge in [0.1, 0.15) is 11.5 Å². The van der Waals surface area contributed by atoms with Gasteiger partial charge in [0.2, 0.25) is 0 Å². The molecule has 0 unspecified atom stereocenters. The van der Waals surface area contributed by atoms with Gasteiger partial charge in [-0.3, -0.25) is 4.79 Å². The number of nitrogens with one attached hydrogen (secondary N) is 1. The van der Waals surface area contributed by atoms with Crippen molar-refractivity contribution in [2.45, 2.75) is 0 Å². The van der Waals surface area contributed by atoms with E-state index in [-0.39, 0.29) is 5.43 Å². The number of hydrogen-bond acceptors (Lipinski definition) is 4. The lowest BCUT2D eigenvalue weighted by molar-refractivity contribution is 0.415. The summed E-state index contributed by atoms with van der Waals surface area (Å²) in [7, 11) is 5.16. The first kappa shape index (κ1) is 17.6. The molecule has 0 saturated heterocycles. The number of fused-ring (bicyclic) bond motifs is 1. The number of methoxy groups -OCH3 is 2. The Kier molecular flexibility index (Phi) is 4.98. The Morgan fingerprint density at radius 1 is 1.12 bits per heavy atom. The summed E-state index contributed by atoms with van der Waals surface area (Å²) in [5, 5.41) is 3.87. The largest absolute Gasteiger partial charge is 0.497 e. The predicted molar refractivity (Wildman–Crippen MR) is 106 cm³/mol. The molecule has 5 nitrogen and oxygen atoms in total. The van der Waals surface area contributed by atoms with Gasteiger partial charge in [-0.2, -0.15) is 0 Å². The van der Waals surface area contributed by atoms with Gasteiger partial charge >= 0.3 is 0 Å². The molecular formula is C21H22N2O3. The van der Waals surface area contributed by atoms with Crippen LogP contribution in [0.15, 0.2) is 60.0 Å². The van der Waals surface area contributed by atoms with Crippen molar-refractivity contribution in [3.63, 3.8) is 0 Å². The molecule has 0 atom stereocenters. The molecule has 0 aliphatic carbocycles. The maximum atomic E-state index is 13.3. The summed E-state index contributed by atoms with van der Waals surface area (Å²) < 4.78 is 12.5. The van der Waals surface area contributed by atoms with Crippen LogP contribution in [-0.4, -0.2) is 25.3 Å². The average molecular weight is 350 g/mol. The van der Waals surface area contributed by atoms with E-state index in [1.54, 1.807) is 20.3 Å². The average Bonchev–Trinajstić information content (AvgIpc) is 2.68. The van der Waals surface area contributed by atoms with Gasteiger partial charge < -0.3 is 19.4 Å². The second-order valence-electron chi connectivity index (χ2n) is 5.95. The summed E-state index contributed by atoms with van der Waals surface area (Å²) in [5.41, 5.74) is 2.99. The lowest BCUT2D eigenvalue weighted by atomic mass is 10.0. The number of hydrogen-bond donors (Lipinski definition) is 1. The molecule has 0 spiro atoms. The van der Waals surface area contributed by atoms with Crippen molar-refractivity contribution in [3.05, 3.63) is 65.5 Å². The molecule has 5 heteroatoms. The van der Waals surface area contributed by atoms with Gasteiger partial charge in [-0.15, -0.1) is 6.58 Å². The fraction of sp³-hybridized carbons (Fsp3) is 0.190. The van der Waals surface area contributed by atoms with Crippen molar-refractivity contribution >= 4 is 16.6 Å². The molecule has 26 heavy (non-hydrogen) atoms. The SMILES string of the molecule is C=CCNc1cc(OC)cc2c1c(=O)c(-c1ccc(OC)cc1)cn2C. The van der Waals surface area contributed by atoms with E-state index < -0.39 is 0 Å². The zero-order valence-corrected chi connectivity index (χ0v) is 15.2. The Morgan fingerprint density at radius 2 is 1.81 bits per heavy atom. The van der Waals surface area contributed by atoms with E-state index >= 15 is 0 Å². The van der Waals surface area contributed by atoms with Gasteiger partial charge in [-0.1, -0.05) is 18.2 Å². The third-order valence-electron chi connectivity index (χ3n) is 4.34. The highest BCUT2D eigenvalue weighted by Crippen LogP contribution is 2.29. The molecule has 0 bridgehead atoms. The molecule has 0 saturated carbocycles. The maximum absolute atomic E-state index is 13.3. The minimum Gasteiger partial charge on any atom is -0.497 e. The molecule has 2 aromatic carbocycles. The first-order valence-electron chi connectivity index (χ1n) is 8.29. The first-order valence-corrected chi connectivity index (χ1v) is 8.29. The number of anilines is 1. The number of pyridine rings is 1. The normalized spacial score (nSPS) is 10.6. The van der Waals surface area contributed by atoms with Gasteiger partial charge in [0, 0.05) is 37.5 Å². The van der Waals surface area contributed by atoms with Crippen molar-refractivity contribution < 1.29 is 9.47 Å². The van der Waals surface area contributed by atoms with Crippen molar-refractivity contribution in [1.82, 2.24) is 4.57 Å². The van der Waals surface area contributed by atoms with Gasteiger partial charge in [0.25, 0.3) is 0 Å². The van der Waals surface area contributed by atoms with Gasteiger partial charge in [0.15, 0.2) is 5.43 Å². The first-order chi connectivity index (χ1) is 12.6. The Balaban J connectivity index is 2.28. The monoisotopic (exact) mass is 350 g/mol. The van der Waals surface area contributed by atoms with E-state index in [9.17, 15) is 4.79 Å². The fourth-order valence-electron chi connectivity index (χ4n) is 2.99. The second-order valence-corrected chi connectivity index (χ2v) is 5.95. The summed E-state index contributed by atoms with van der Waals surface area (Å²) in [6.07, 6.45) is 3.60. The molecule has 1 N–H and O–H groups in total. The van der Waals surface area contributed by atoms with E-state index in [0.29, 0.717) is 23.2 Å². The van der Waals surface area contributed by atoms with E-state index in [2.05, 4.69) is 11.9 Å². The summed E-state index contributed by atoms with van der Waals surface area (Å²) in [6, 6.07) is 11.2. The number of ether oxygens (including phenoxy) is 2. The zero-order chi connectivity index (χ0) is 18.7. The van der Waals surface area contributed by atoms with Crippen LogP contribution >= 0.6 is 0 Å². The standard InChI is InChI=1S/C21H22N2O3/c1-5-10-22-18-11-16(26-4)12-19-20(18)21(24)17(13-23(19)2)14-6-8-15(25-3)9-7-14/h5-9,11-13,22H,1,10H2,2-4H3. The lowest BCUT2D eigenvalue weighted by Crippen LogP contribution is -2.13. The third kappa shape index (κ3) is 3.16. The van der Waals surface area contributed by atoms with Gasteiger partial charge in [0.05, 0.1) is 30.8 Å². The number of benzene rings is 2. The van der Waals surface area contributed by atoms with Crippen LogP contribution in [0.1, 0.15) is 0 Å². The van der Waals surface area contributed by atoms with Crippen LogP contribution in [-0.2, 0) is 7.05 Å².